The van der Waals surface area contributed by atoms with Gasteiger partial charge in [0.05, 0.1) is 6.54 Å². The van der Waals surface area contributed by atoms with Crippen LogP contribution in [-0.4, -0.2) is 52.0 Å². The molecule has 1 aliphatic heterocycles. The lowest BCUT2D eigenvalue weighted by Crippen LogP contribution is -2.48. The molecule has 1 aliphatic carbocycles. The zero-order chi connectivity index (χ0) is 19.3. The van der Waals surface area contributed by atoms with Crippen LogP contribution in [0.2, 0.25) is 0 Å². The highest BCUT2D eigenvalue weighted by Gasteiger charge is 2.25. The van der Waals surface area contributed by atoms with Crippen LogP contribution < -0.4 is 0 Å². The highest BCUT2D eigenvalue weighted by Crippen LogP contribution is 2.27. The fraction of sp³-hybridized carbons (Fsp3) is 0.591. The first-order valence-electron chi connectivity index (χ1n) is 10.6. The molecule has 2 fully saturated rings. The van der Waals surface area contributed by atoms with Crippen LogP contribution in [0.15, 0.2) is 28.8 Å². The summed E-state index contributed by atoms with van der Waals surface area (Å²) in [5.41, 5.74) is 2.15. The normalized spacial score (nSPS) is 19.1. The van der Waals surface area contributed by atoms with E-state index in [9.17, 15) is 4.79 Å². The van der Waals surface area contributed by atoms with Gasteiger partial charge in [0, 0.05) is 38.2 Å². The summed E-state index contributed by atoms with van der Waals surface area (Å²) in [5, 5.41) is 4.14. The van der Waals surface area contributed by atoms with Crippen LogP contribution in [-0.2, 0) is 11.3 Å². The van der Waals surface area contributed by atoms with Gasteiger partial charge in [-0.1, -0.05) is 48.7 Å². The molecule has 0 radical (unpaired) electrons. The molecule has 2 heterocycles. The maximum atomic E-state index is 12.6. The van der Waals surface area contributed by atoms with E-state index in [4.69, 9.17) is 4.52 Å². The van der Waals surface area contributed by atoms with Gasteiger partial charge in [0.1, 0.15) is 0 Å². The van der Waals surface area contributed by atoms with Crippen molar-refractivity contribution in [2.45, 2.75) is 52.0 Å². The Kier molecular flexibility index (Phi) is 6.05. The largest absolute Gasteiger partial charge is 0.340 e. The molecule has 6 nitrogen and oxygen atoms in total. The smallest absolute Gasteiger partial charge is 0.241 e. The van der Waals surface area contributed by atoms with Gasteiger partial charge in [0.2, 0.25) is 17.6 Å². The zero-order valence-corrected chi connectivity index (χ0v) is 16.8. The lowest BCUT2D eigenvalue weighted by molar-refractivity contribution is -0.134. The van der Waals surface area contributed by atoms with Crippen molar-refractivity contribution in [1.29, 1.82) is 0 Å². The predicted molar refractivity (Wildman–Crippen MR) is 108 cm³/mol. The minimum Gasteiger partial charge on any atom is -0.340 e. The Morgan fingerprint density at radius 3 is 2.61 bits per heavy atom. The average Bonchev–Trinajstić information content (AvgIpc) is 3.18. The molecule has 1 saturated carbocycles. The fourth-order valence-corrected chi connectivity index (χ4v) is 4.37. The van der Waals surface area contributed by atoms with Crippen molar-refractivity contribution in [3.05, 3.63) is 35.7 Å². The molecule has 0 atom stereocenters. The van der Waals surface area contributed by atoms with Crippen molar-refractivity contribution < 1.29 is 9.32 Å². The summed E-state index contributed by atoms with van der Waals surface area (Å²) in [6.45, 7) is 6.00. The van der Waals surface area contributed by atoms with E-state index in [2.05, 4.69) is 28.0 Å². The highest BCUT2D eigenvalue weighted by atomic mass is 16.5. The summed E-state index contributed by atoms with van der Waals surface area (Å²) >= 11 is 0. The Morgan fingerprint density at radius 2 is 1.86 bits per heavy atom. The van der Waals surface area contributed by atoms with Gasteiger partial charge in [-0.2, -0.15) is 4.98 Å². The molecule has 0 bridgehead atoms. The van der Waals surface area contributed by atoms with Gasteiger partial charge in [0.15, 0.2) is 0 Å². The number of hydrogen-bond acceptors (Lipinski definition) is 5. The van der Waals surface area contributed by atoms with E-state index in [0.29, 0.717) is 30.1 Å². The number of aromatic nitrogens is 2. The van der Waals surface area contributed by atoms with Crippen LogP contribution in [0.5, 0.6) is 0 Å². The summed E-state index contributed by atoms with van der Waals surface area (Å²) in [6.07, 6.45) is 7.12. The number of amides is 1. The number of rotatable bonds is 5. The molecule has 1 amide bonds. The summed E-state index contributed by atoms with van der Waals surface area (Å²) in [4.78, 5) is 21.5. The van der Waals surface area contributed by atoms with Crippen LogP contribution in [0.25, 0.3) is 11.4 Å². The second kappa shape index (κ2) is 8.86. The molecule has 4 rings (SSSR count). The van der Waals surface area contributed by atoms with Gasteiger partial charge in [-0.05, 0) is 31.2 Å². The molecule has 0 unspecified atom stereocenters. The standard InChI is InChI=1S/C22H30N4O2/c1-17-7-5-6-10-19(17)22-23-20(28-24-22)16-25-11-13-26(14-12-25)21(27)15-18-8-3-2-4-9-18/h5-7,10,18H,2-4,8-9,11-16H2,1H3. The molecule has 2 aromatic rings. The predicted octanol–water partition coefficient (Wildman–Crippen LogP) is 3.66. The van der Waals surface area contributed by atoms with Crippen LogP contribution >= 0.6 is 0 Å². The topological polar surface area (TPSA) is 62.5 Å². The van der Waals surface area contributed by atoms with E-state index < -0.39 is 0 Å². The van der Waals surface area contributed by atoms with Crippen molar-refractivity contribution in [3.63, 3.8) is 0 Å². The summed E-state index contributed by atoms with van der Waals surface area (Å²) in [5.74, 6) is 2.23. The molecule has 1 saturated heterocycles. The number of carbonyl (C=O) groups excluding carboxylic acids is 1. The molecule has 0 spiro atoms. The van der Waals surface area contributed by atoms with Gasteiger partial charge in [0.25, 0.3) is 0 Å². The SMILES string of the molecule is Cc1ccccc1-c1noc(CN2CCN(C(=O)CC3CCCCC3)CC2)n1. The van der Waals surface area contributed by atoms with E-state index in [1.807, 2.05) is 23.1 Å². The molecule has 2 aliphatic rings. The van der Waals surface area contributed by atoms with E-state index in [-0.39, 0.29) is 0 Å². The second-order valence-electron chi connectivity index (χ2n) is 8.19. The van der Waals surface area contributed by atoms with Crippen molar-refractivity contribution in [2.75, 3.05) is 26.2 Å². The Hall–Kier alpha value is -2.21. The highest BCUT2D eigenvalue weighted by molar-refractivity contribution is 5.76. The average molecular weight is 383 g/mol. The van der Waals surface area contributed by atoms with Gasteiger partial charge < -0.3 is 9.42 Å². The first-order chi connectivity index (χ1) is 13.7. The number of piperazine rings is 1. The van der Waals surface area contributed by atoms with Crippen molar-refractivity contribution >= 4 is 5.91 Å². The maximum absolute atomic E-state index is 12.6. The number of carbonyl (C=O) groups is 1. The maximum Gasteiger partial charge on any atom is 0.241 e. The third-order valence-electron chi connectivity index (χ3n) is 6.13. The third-order valence-corrected chi connectivity index (χ3v) is 6.13. The number of aryl methyl sites for hydroxylation is 1. The van der Waals surface area contributed by atoms with E-state index in [1.165, 1.54) is 32.1 Å². The Bertz CT molecular complexity index is 789. The fourth-order valence-electron chi connectivity index (χ4n) is 4.37. The third kappa shape index (κ3) is 4.61. The summed E-state index contributed by atoms with van der Waals surface area (Å²) in [7, 11) is 0. The lowest BCUT2D eigenvalue weighted by Gasteiger charge is -2.35. The number of benzene rings is 1. The molecule has 1 aromatic carbocycles. The monoisotopic (exact) mass is 382 g/mol. The van der Waals surface area contributed by atoms with E-state index in [1.54, 1.807) is 0 Å². The second-order valence-corrected chi connectivity index (χ2v) is 8.19. The molecule has 28 heavy (non-hydrogen) atoms. The van der Waals surface area contributed by atoms with Crippen molar-refractivity contribution in [2.24, 2.45) is 5.92 Å². The number of hydrogen-bond donors (Lipinski definition) is 0. The van der Waals surface area contributed by atoms with Gasteiger partial charge in [-0.15, -0.1) is 0 Å². The van der Waals surface area contributed by atoms with Crippen molar-refractivity contribution in [3.8, 4) is 11.4 Å². The molecular weight excluding hydrogens is 352 g/mol. The minimum atomic E-state index is 0.339. The molecule has 150 valence electrons. The van der Waals surface area contributed by atoms with E-state index >= 15 is 0 Å². The Balaban J connectivity index is 1.27. The lowest BCUT2D eigenvalue weighted by atomic mass is 9.86. The minimum absolute atomic E-state index is 0.339. The van der Waals surface area contributed by atoms with Crippen LogP contribution in [0, 0.1) is 12.8 Å². The molecule has 6 heteroatoms. The van der Waals surface area contributed by atoms with Gasteiger partial charge in [-0.25, -0.2) is 0 Å². The van der Waals surface area contributed by atoms with Crippen molar-refractivity contribution in [1.82, 2.24) is 19.9 Å². The van der Waals surface area contributed by atoms with Crippen LogP contribution in [0.1, 0.15) is 50.0 Å². The van der Waals surface area contributed by atoms with E-state index in [0.717, 1.165) is 43.7 Å². The first-order valence-corrected chi connectivity index (χ1v) is 10.6. The molecule has 0 N–H and O–H groups in total. The zero-order valence-electron chi connectivity index (χ0n) is 16.8. The molecular formula is C22H30N4O2. The van der Waals surface area contributed by atoms with Gasteiger partial charge >= 0.3 is 0 Å². The Morgan fingerprint density at radius 1 is 1.11 bits per heavy atom. The summed E-state index contributed by atoms with van der Waals surface area (Å²) in [6, 6.07) is 8.06. The first kappa shape index (κ1) is 19.1. The van der Waals surface area contributed by atoms with Gasteiger partial charge in [-0.3, -0.25) is 9.69 Å². The number of nitrogens with zero attached hydrogens (tertiary/aromatic N) is 4. The van der Waals surface area contributed by atoms with Crippen LogP contribution in [0.4, 0.5) is 0 Å². The van der Waals surface area contributed by atoms with Crippen LogP contribution in [0.3, 0.4) is 0 Å². The Labute approximate surface area is 166 Å². The quantitative estimate of drug-likeness (QED) is 0.790. The summed E-state index contributed by atoms with van der Waals surface area (Å²) < 4.78 is 5.47. The molecule has 1 aromatic heterocycles.